The maximum absolute atomic E-state index is 6.14. The highest BCUT2D eigenvalue weighted by atomic mass is 15.3. The van der Waals surface area contributed by atoms with Crippen molar-refractivity contribution in [3.05, 3.63) is 0 Å². The van der Waals surface area contributed by atoms with Gasteiger partial charge in [0, 0.05) is 43.8 Å². The Labute approximate surface area is 112 Å². The number of nitrogens with zero attached hydrogens (tertiary/aromatic N) is 3. The Morgan fingerprint density at radius 3 is 2.39 bits per heavy atom. The van der Waals surface area contributed by atoms with Crippen LogP contribution in [0.3, 0.4) is 0 Å². The predicted molar refractivity (Wildman–Crippen MR) is 76.8 cm³/mol. The minimum atomic E-state index is 0.206. The van der Waals surface area contributed by atoms with Crippen LogP contribution in [0.5, 0.6) is 0 Å². The molecule has 0 amide bonds. The summed E-state index contributed by atoms with van der Waals surface area (Å²) in [5.41, 5.74) is 6.35. The van der Waals surface area contributed by atoms with E-state index in [9.17, 15) is 0 Å². The number of likely N-dealkylation sites (tertiary alicyclic amines) is 1. The van der Waals surface area contributed by atoms with Crippen LogP contribution in [0.2, 0.25) is 0 Å². The average molecular weight is 254 g/mol. The van der Waals surface area contributed by atoms with Gasteiger partial charge in [0.25, 0.3) is 0 Å². The fourth-order valence-electron chi connectivity index (χ4n) is 3.29. The van der Waals surface area contributed by atoms with E-state index in [-0.39, 0.29) is 5.54 Å². The van der Waals surface area contributed by atoms with Gasteiger partial charge in [0.15, 0.2) is 0 Å². The Bertz CT molecular complexity index is 277. The fraction of sp³-hybridized carbons (Fsp3) is 1.00. The number of nitrogens with two attached hydrogens (primary N) is 1. The fourth-order valence-corrected chi connectivity index (χ4v) is 3.29. The van der Waals surface area contributed by atoms with Crippen LogP contribution in [-0.4, -0.2) is 79.6 Å². The third-order valence-corrected chi connectivity index (χ3v) is 4.81. The Kier molecular flexibility index (Phi) is 4.32. The largest absolute Gasteiger partial charge is 0.329 e. The zero-order valence-corrected chi connectivity index (χ0v) is 12.5. The van der Waals surface area contributed by atoms with Gasteiger partial charge in [-0.25, -0.2) is 0 Å². The highest BCUT2D eigenvalue weighted by Gasteiger charge is 2.48. The van der Waals surface area contributed by atoms with Crippen molar-refractivity contribution in [2.75, 3.05) is 47.3 Å². The van der Waals surface area contributed by atoms with E-state index in [1.165, 1.54) is 25.8 Å². The lowest BCUT2D eigenvalue weighted by atomic mass is 9.94. The smallest absolute Gasteiger partial charge is 0.0470 e. The summed E-state index contributed by atoms with van der Waals surface area (Å²) in [5.74, 6) is 0. The summed E-state index contributed by atoms with van der Waals surface area (Å²) in [6, 6.07) is 1.55. The summed E-state index contributed by atoms with van der Waals surface area (Å²) in [4.78, 5) is 7.45. The van der Waals surface area contributed by atoms with E-state index in [0.29, 0.717) is 6.04 Å². The molecule has 0 bridgehead atoms. The van der Waals surface area contributed by atoms with Crippen LogP contribution in [0.25, 0.3) is 0 Å². The minimum absolute atomic E-state index is 0.206. The third-order valence-electron chi connectivity index (χ3n) is 4.81. The zero-order chi connectivity index (χ0) is 13.3. The molecule has 1 saturated heterocycles. The molecule has 106 valence electrons. The van der Waals surface area contributed by atoms with Gasteiger partial charge in [0.2, 0.25) is 0 Å². The van der Waals surface area contributed by atoms with E-state index in [1.54, 1.807) is 0 Å². The van der Waals surface area contributed by atoms with Gasteiger partial charge in [-0.15, -0.1) is 0 Å². The molecular formula is C14H30N4. The van der Waals surface area contributed by atoms with E-state index in [1.807, 2.05) is 0 Å². The van der Waals surface area contributed by atoms with Crippen molar-refractivity contribution in [2.45, 2.75) is 43.8 Å². The van der Waals surface area contributed by atoms with Crippen molar-refractivity contribution in [3.63, 3.8) is 0 Å². The molecule has 1 heterocycles. The molecule has 2 N–H and O–H groups in total. The number of likely N-dealkylation sites (N-methyl/N-ethyl adjacent to an activating group) is 2. The molecule has 0 spiro atoms. The van der Waals surface area contributed by atoms with Gasteiger partial charge < -0.3 is 10.6 Å². The summed E-state index contributed by atoms with van der Waals surface area (Å²) in [7, 11) is 6.52. The molecule has 2 aliphatic rings. The maximum Gasteiger partial charge on any atom is 0.0470 e. The van der Waals surface area contributed by atoms with Gasteiger partial charge >= 0.3 is 0 Å². The normalized spacial score (nSPS) is 33.8. The van der Waals surface area contributed by atoms with Gasteiger partial charge in [0.1, 0.15) is 0 Å². The first-order valence-corrected chi connectivity index (χ1v) is 7.30. The quantitative estimate of drug-likeness (QED) is 0.746. The Morgan fingerprint density at radius 1 is 1.22 bits per heavy atom. The van der Waals surface area contributed by atoms with Crippen molar-refractivity contribution >= 4 is 0 Å². The van der Waals surface area contributed by atoms with E-state index in [4.69, 9.17) is 5.73 Å². The summed E-state index contributed by atoms with van der Waals surface area (Å²) >= 11 is 0. The maximum atomic E-state index is 6.14. The zero-order valence-electron chi connectivity index (χ0n) is 12.5. The van der Waals surface area contributed by atoms with Crippen LogP contribution < -0.4 is 5.73 Å². The lowest BCUT2D eigenvalue weighted by Crippen LogP contribution is -2.55. The summed E-state index contributed by atoms with van der Waals surface area (Å²) in [5, 5.41) is 0. The molecule has 0 aromatic heterocycles. The molecule has 2 atom stereocenters. The van der Waals surface area contributed by atoms with Crippen molar-refractivity contribution in [2.24, 2.45) is 5.73 Å². The third kappa shape index (κ3) is 2.87. The molecule has 0 radical (unpaired) electrons. The molecule has 1 aliphatic heterocycles. The number of hydrogen-bond acceptors (Lipinski definition) is 4. The van der Waals surface area contributed by atoms with Crippen LogP contribution in [0, 0.1) is 0 Å². The van der Waals surface area contributed by atoms with Crippen molar-refractivity contribution in [3.8, 4) is 0 Å². The van der Waals surface area contributed by atoms with Crippen LogP contribution in [0.15, 0.2) is 0 Å². The Morgan fingerprint density at radius 2 is 1.89 bits per heavy atom. The first kappa shape index (κ1) is 14.3. The summed E-state index contributed by atoms with van der Waals surface area (Å²) in [6.45, 7) is 6.53. The highest BCUT2D eigenvalue weighted by molar-refractivity contribution is 5.06. The monoisotopic (exact) mass is 254 g/mol. The van der Waals surface area contributed by atoms with Gasteiger partial charge in [-0.3, -0.25) is 9.80 Å². The second-order valence-electron chi connectivity index (χ2n) is 6.61. The lowest BCUT2D eigenvalue weighted by Gasteiger charge is -2.38. The Hall–Kier alpha value is -0.160. The topological polar surface area (TPSA) is 35.7 Å². The first-order valence-electron chi connectivity index (χ1n) is 7.30. The predicted octanol–water partition coefficient (Wildman–Crippen LogP) is 0.434. The molecule has 2 fully saturated rings. The molecule has 4 nitrogen and oxygen atoms in total. The van der Waals surface area contributed by atoms with Crippen LogP contribution in [0.1, 0.15) is 26.2 Å². The van der Waals surface area contributed by atoms with E-state index >= 15 is 0 Å². The molecule has 4 heteroatoms. The van der Waals surface area contributed by atoms with Crippen LogP contribution >= 0.6 is 0 Å². The van der Waals surface area contributed by atoms with E-state index in [2.05, 4.69) is 42.8 Å². The molecule has 18 heavy (non-hydrogen) atoms. The van der Waals surface area contributed by atoms with Gasteiger partial charge in [-0.05, 0) is 47.3 Å². The van der Waals surface area contributed by atoms with Crippen molar-refractivity contribution < 1.29 is 0 Å². The van der Waals surface area contributed by atoms with Gasteiger partial charge in [-0.1, -0.05) is 0 Å². The SMILES string of the molecule is CC1CC(CN)(N(C)CCN(C)C)CN1C1CC1. The second kappa shape index (κ2) is 5.45. The molecule has 0 aromatic carbocycles. The van der Waals surface area contributed by atoms with Crippen LogP contribution in [0.4, 0.5) is 0 Å². The van der Waals surface area contributed by atoms with Crippen LogP contribution in [-0.2, 0) is 0 Å². The summed E-state index contributed by atoms with van der Waals surface area (Å²) < 4.78 is 0. The van der Waals surface area contributed by atoms with Gasteiger partial charge in [-0.2, -0.15) is 0 Å². The number of rotatable bonds is 6. The first-order chi connectivity index (χ1) is 8.48. The van der Waals surface area contributed by atoms with E-state index in [0.717, 1.165) is 25.7 Å². The van der Waals surface area contributed by atoms with Crippen molar-refractivity contribution in [1.82, 2.24) is 14.7 Å². The van der Waals surface area contributed by atoms with Crippen molar-refractivity contribution in [1.29, 1.82) is 0 Å². The summed E-state index contributed by atoms with van der Waals surface area (Å²) in [6.07, 6.45) is 4.02. The molecule has 0 aromatic rings. The lowest BCUT2D eigenvalue weighted by molar-refractivity contribution is 0.118. The molecule has 1 aliphatic carbocycles. The van der Waals surface area contributed by atoms with Gasteiger partial charge in [0.05, 0.1) is 0 Å². The molecule has 2 unspecified atom stereocenters. The molecule has 1 saturated carbocycles. The standard InChI is InChI=1S/C14H30N4/c1-12-9-14(10-15,11-18(12)13-5-6-13)17(4)8-7-16(2)3/h12-13H,5-11,15H2,1-4H3. The number of hydrogen-bond donors (Lipinski definition) is 1. The average Bonchev–Trinajstić information content (AvgIpc) is 3.10. The highest BCUT2D eigenvalue weighted by Crippen LogP contribution is 2.38. The molecule has 2 rings (SSSR count). The van der Waals surface area contributed by atoms with E-state index < -0.39 is 0 Å². The minimum Gasteiger partial charge on any atom is -0.329 e. The second-order valence-corrected chi connectivity index (χ2v) is 6.61. The molecular weight excluding hydrogens is 224 g/mol. The Balaban J connectivity index is 1.97.